The fourth-order valence-corrected chi connectivity index (χ4v) is 1.38. The van der Waals surface area contributed by atoms with Gasteiger partial charge in [0, 0.05) is 0 Å². The fourth-order valence-electron chi connectivity index (χ4n) is 1.38. The van der Waals surface area contributed by atoms with E-state index in [2.05, 4.69) is 24.9 Å². The van der Waals surface area contributed by atoms with Crippen LogP contribution in [0.4, 0.5) is 0 Å². The number of ether oxygens (including phenoxy) is 2. The first-order valence-electron chi connectivity index (χ1n) is 7.01. The van der Waals surface area contributed by atoms with Crippen LogP contribution in [0, 0.1) is 12.3 Å². The summed E-state index contributed by atoms with van der Waals surface area (Å²) >= 11 is 0. The van der Waals surface area contributed by atoms with Crippen LogP contribution in [-0.2, 0) is 4.84 Å². The molecule has 21 heavy (non-hydrogen) atoms. The smallest absolute Gasteiger partial charge is 0.119 e. The van der Waals surface area contributed by atoms with E-state index in [1.807, 2.05) is 38.1 Å². The molecule has 2 unspecified atom stereocenters. The minimum atomic E-state index is -0.161. The molecule has 0 radical (unpaired) electrons. The van der Waals surface area contributed by atoms with Gasteiger partial charge in [0.2, 0.25) is 0 Å². The zero-order valence-corrected chi connectivity index (χ0v) is 12.9. The normalized spacial score (nSPS) is 12.9. The summed E-state index contributed by atoms with van der Waals surface area (Å²) in [6, 6.07) is 7.54. The predicted molar refractivity (Wildman–Crippen MR) is 84.0 cm³/mol. The zero-order chi connectivity index (χ0) is 15.7. The summed E-state index contributed by atoms with van der Waals surface area (Å²) < 4.78 is 11.3. The Bertz CT molecular complexity index is 476. The fraction of sp³-hybridized carbons (Fsp3) is 0.412. The second-order valence-electron chi connectivity index (χ2n) is 4.77. The van der Waals surface area contributed by atoms with Crippen molar-refractivity contribution in [1.29, 1.82) is 0 Å². The van der Waals surface area contributed by atoms with Crippen molar-refractivity contribution in [3.05, 3.63) is 36.5 Å². The Morgan fingerprint density at radius 2 is 1.86 bits per heavy atom. The summed E-state index contributed by atoms with van der Waals surface area (Å²) in [5.74, 6) is 3.94. The molecular formula is C17H23NO3. The first kappa shape index (κ1) is 16.9. The van der Waals surface area contributed by atoms with Crippen LogP contribution in [0.15, 0.2) is 36.5 Å². The SMILES string of the molecule is C#CC(=C)NOC(C)COc1ccc(OC(C)CC)cc1. The van der Waals surface area contributed by atoms with Gasteiger partial charge in [0.1, 0.15) is 29.9 Å². The predicted octanol–water partition coefficient (Wildman–Crippen LogP) is 3.30. The van der Waals surface area contributed by atoms with Gasteiger partial charge in [-0.15, -0.1) is 6.42 Å². The molecule has 0 bridgehead atoms. The summed E-state index contributed by atoms with van der Waals surface area (Å²) in [6.45, 7) is 9.98. The van der Waals surface area contributed by atoms with Gasteiger partial charge in [0.05, 0.1) is 6.10 Å². The van der Waals surface area contributed by atoms with Gasteiger partial charge in [-0.25, -0.2) is 0 Å². The standard InChI is InChI=1S/C17H23NO3/c1-6-13(3)18-21-15(5)12-19-16-8-10-17(11-9-16)20-14(4)7-2/h1,8-11,14-15,18H,3,7,12H2,2,4-5H3. The van der Waals surface area contributed by atoms with E-state index in [4.69, 9.17) is 20.7 Å². The molecule has 0 heterocycles. The number of nitrogens with one attached hydrogen (secondary N) is 1. The van der Waals surface area contributed by atoms with E-state index < -0.39 is 0 Å². The highest BCUT2D eigenvalue weighted by atomic mass is 16.7. The van der Waals surface area contributed by atoms with Crippen molar-refractivity contribution < 1.29 is 14.3 Å². The number of terminal acetylenes is 1. The quantitative estimate of drug-likeness (QED) is 0.559. The van der Waals surface area contributed by atoms with Gasteiger partial charge in [-0.05, 0) is 44.5 Å². The van der Waals surface area contributed by atoms with Crippen LogP contribution in [-0.4, -0.2) is 18.8 Å². The minimum absolute atomic E-state index is 0.161. The largest absolute Gasteiger partial charge is 0.491 e. The van der Waals surface area contributed by atoms with Gasteiger partial charge in [0.25, 0.3) is 0 Å². The zero-order valence-electron chi connectivity index (χ0n) is 12.9. The molecule has 1 aromatic carbocycles. The van der Waals surface area contributed by atoms with E-state index in [9.17, 15) is 0 Å². The number of benzene rings is 1. The lowest BCUT2D eigenvalue weighted by atomic mass is 10.3. The lowest BCUT2D eigenvalue weighted by Crippen LogP contribution is -2.25. The second kappa shape index (κ2) is 8.93. The molecule has 0 saturated heterocycles. The van der Waals surface area contributed by atoms with Crippen molar-refractivity contribution in [1.82, 2.24) is 5.48 Å². The van der Waals surface area contributed by atoms with Crippen molar-refractivity contribution in [2.75, 3.05) is 6.61 Å². The molecular weight excluding hydrogens is 266 g/mol. The molecule has 0 aromatic heterocycles. The monoisotopic (exact) mass is 289 g/mol. The summed E-state index contributed by atoms with van der Waals surface area (Å²) in [6.07, 6.45) is 6.17. The maximum atomic E-state index is 5.70. The first-order valence-corrected chi connectivity index (χ1v) is 7.01. The minimum Gasteiger partial charge on any atom is -0.491 e. The molecule has 0 spiro atoms. The average molecular weight is 289 g/mol. The molecule has 0 aliphatic rings. The molecule has 114 valence electrons. The van der Waals surface area contributed by atoms with Gasteiger partial charge in [0.15, 0.2) is 0 Å². The topological polar surface area (TPSA) is 39.7 Å². The highest BCUT2D eigenvalue weighted by molar-refractivity contribution is 5.31. The van der Waals surface area contributed by atoms with Crippen LogP contribution in [0.3, 0.4) is 0 Å². The molecule has 0 aliphatic carbocycles. The lowest BCUT2D eigenvalue weighted by molar-refractivity contribution is -0.0180. The molecule has 1 rings (SSSR count). The third-order valence-corrected chi connectivity index (χ3v) is 2.78. The third kappa shape index (κ3) is 6.73. The van der Waals surface area contributed by atoms with E-state index >= 15 is 0 Å². The summed E-state index contributed by atoms with van der Waals surface area (Å²) in [5, 5.41) is 0. The van der Waals surface area contributed by atoms with Crippen molar-refractivity contribution in [3.63, 3.8) is 0 Å². The number of hydrogen-bond donors (Lipinski definition) is 1. The van der Waals surface area contributed by atoms with Gasteiger partial charge < -0.3 is 9.47 Å². The summed E-state index contributed by atoms with van der Waals surface area (Å²) in [5.41, 5.74) is 2.96. The van der Waals surface area contributed by atoms with E-state index in [1.165, 1.54) is 0 Å². The van der Waals surface area contributed by atoms with Crippen LogP contribution in [0.2, 0.25) is 0 Å². The molecule has 4 heteroatoms. The molecule has 2 atom stereocenters. The number of hydrogen-bond acceptors (Lipinski definition) is 4. The lowest BCUT2D eigenvalue weighted by Gasteiger charge is -2.15. The van der Waals surface area contributed by atoms with E-state index in [0.29, 0.717) is 12.3 Å². The van der Waals surface area contributed by atoms with Gasteiger partial charge in [-0.1, -0.05) is 19.4 Å². The van der Waals surface area contributed by atoms with Crippen LogP contribution < -0.4 is 15.0 Å². The van der Waals surface area contributed by atoms with E-state index in [-0.39, 0.29) is 12.2 Å². The number of rotatable bonds is 9. The molecule has 1 N–H and O–H groups in total. The van der Waals surface area contributed by atoms with Crippen LogP contribution in [0.5, 0.6) is 11.5 Å². The van der Waals surface area contributed by atoms with Crippen molar-refractivity contribution in [2.45, 2.75) is 39.4 Å². The molecule has 1 aromatic rings. The highest BCUT2D eigenvalue weighted by Crippen LogP contribution is 2.19. The maximum Gasteiger partial charge on any atom is 0.119 e. The highest BCUT2D eigenvalue weighted by Gasteiger charge is 2.05. The Hall–Kier alpha value is -2.12. The Kier molecular flexibility index (Phi) is 7.20. The maximum absolute atomic E-state index is 5.70. The van der Waals surface area contributed by atoms with Crippen LogP contribution >= 0.6 is 0 Å². The number of allylic oxidation sites excluding steroid dienone is 1. The molecule has 0 amide bonds. The average Bonchev–Trinajstić information content (AvgIpc) is 2.51. The Balaban J connectivity index is 2.35. The van der Waals surface area contributed by atoms with E-state index in [0.717, 1.165) is 17.9 Å². The molecule has 0 aliphatic heterocycles. The Morgan fingerprint density at radius 1 is 1.24 bits per heavy atom. The van der Waals surface area contributed by atoms with Crippen molar-refractivity contribution in [3.8, 4) is 23.8 Å². The molecule has 4 nitrogen and oxygen atoms in total. The van der Waals surface area contributed by atoms with Gasteiger partial charge in [-0.2, -0.15) is 0 Å². The van der Waals surface area contributed by atoms with Crippen LogP contribution in [0.1, 0.15) is 27.2 Å². The van der Waals surface area contributed by atoms with Crippen LogP contribution in [0.25, 0.3) is 0 Å². The van der Waals surface area contributed by atoms with Gasteiger partial charge in [-0.3, -0.25) is 10.3 Å². The van der Waals surface area contributed by atoms with Crippen molar-refractivity contribution >= 4 is 0 Å². The van der Waals surface area contributed by atoms with Crippen molar-refractivity contribution in [2.24, 2.45) is 0 Å². The Labute approximate surface area is 127 Å². The third-order valence-electron chi connectivity index (χ3n) is 2.78. The van der Waals surface area contributed by atoms with Gasteiger partial charge >= 0.3 is 0 Å². The molecule has 0 saturated carbocycles. The Morgan fingerprint density at radius 3 is 2.43 bits per heavy atom. The first-order chi connectivity index (χ1) is 10.0. The number of hydroxylamine groups is 1. The summed E-state index contributed by atoms with van der Waals surface area (Å²) in [7, 11) is 0. The molecule has 0 fully saturated rings. The second-order valence-corrected chi connectivity index (χ2v) is 4.77. The van der Waals surface area contributed by atoms with E-state index in [1.54, 1.807) is 0 Å². The summed E-state index contributed by atoms with van der Waals surface area (Å²) in [4.78, 5) is 5.27.